The number of benzene rings is 2. The molecule has 1 aliphatic heterocycles. The summed E-state index contributed by atoms with van der Waals surface area (Å²) in [6.07, 6.45) is 3.57. The molecule has 0 bridgehead atoms. The SMILES string of the molecule is CC(C)C[C@@H](C(=O)N[C@H]1N=C(c2ccccc2F)c2ccccc2N(CC(C)C)C1=O)C1(C(N)=O)CC=CC1. The van der Waals surface area contributed by atoms with Gasteiger partial charge in [0, 0.05) is 17.7 Å². The molecular formula is C31H37FN4O3. The van der Waals surface area contributed by atoms with E-state index >= 15 is 4.39 Å². The van der Waals surface area contributed by atoms with Crippen LogP contribution >= 0.6 is 0 Å². The maximum atomic E-state index is 15.1. The van der Waals surface area contributed by atoms with E-state index in [0.717, 1.165) is 0 Å². The first-order chi connectivity index (χ1) is 18.5. The molecule has 0 radical (unpaired) electrons. The average Bonchev–Trinajstić information content (AvgIpc) is 3.36. The molecule has 0 aromatic heterocycles. The van der Waals surface area contributed by atoms with Gasteiger partial charge in [-0.25, -0.2) is 9.38 Å². The van der Waals surface area contributed by atoms with E-state index in [2.05, 4.69) is 5.32 Å². The number of aliphatic imine (C=N–C) groups is 1. The normalized spacial score (nSPS) is 19.1. The molecule has 7 nitrogen and oxygen atoms in total. The zero-order valence-corrected chi connectivity index (χ0v) is 23.0. The average molecular weight is 533 g/mol. The maximum absolute atomic E-state index is 15.1. The number of primary amides is 1. The monoisotopic (exact) mass is 532 g/mol. The third-order valence-electron chi connectivity index (χ3n) is 7.48. The van der Waals surface area contributed by atoms with Gasteiger partial charge in [-0.2, -0.15) is 0 Å². The topological polar surface area (TPSA) is 105 Å². The Hall–Kier alpha value is -3.81. The van der Waals surface area contributed by atoms with Crippen LogP contribution in [0.2, 0.25) is 0 Å². The van der Waals surface area contributed by atoms with Gasteiger partial charge in [0.15, 0.2) is 0 Å². The number of anilines is 1. The highest BCUT2D eigenvalue weighted by atomic mass is 19.1. The zero-order valence-electron chi connectivity index (χ0n) is 23.0. The molecule has 1 heterocycles. The van der Waals surface area contributed by atoms with Gasteiger partial charge in [0.05, 0.1) is 22.7 Å². The van der Waals surface area contributed by atoms with Crippen molar-refractivity contribution in [3.63, 3.8) is 0 Å². The van der Waals surface area contributed by atoms with Crippen LogP contribution in [0.15, 0.2) is 65.7 Å². The fraction of sp³-hybridized carbons (Fsp3) is 0.419. The molecule has 3 amide bonds. The molecular weight excluding hydrogens is 495 g/mol. The Morgan fingerprint density at radius 2 is 1.64 bits per heavy atom. The first-order valence-electron chi connectivity index (χ1n) is 13.5. The molecule has 2 aromatic rings. The Kier molecular flexibility index (Phi) is 8.33. The second-order valence-corrected chi connectivity index (χ2v) is 11.3. The fourth-order valence-corrected chi connectivity index (χ4v) is 5.56. The summed E-state index contributed by atoms with van der Waals surface area (Å²) in [5.74, 6) is -2.44. The Balaban J connectivity index is 1.82. The van der Waals surface area contributed by atoms with Gasteiger partial charge < -0.3 is 16.0 Å². The van der Waals surface area contributed by atoms with Crippen molar-refractivity contribution in [1.29, 1.82) is 0 Å². The minimum atomic E-state index is -1.31. The molecule has 0 saturated carbocycles. The molecule has 8 heteroatoms. The van der Waals surface area contributed by atoms with Gasteiger partial charge in [-0.1, -0.05) is 70.2 Å². The number of fused-ring (bicyclic) bond motifs is 1. The zero-order chi connectivity index (χ0) is 28.3. The number of rotatable bonds is 9. The number of benzodiazepines with no additional fused rings is 1. The van der Waals surface area contributed by atoms with Crippen molar-refractivity contribution < 1.29 is 18.8 Å². The predicted octanol–water partition coefficient (Wildman–Crippen LogP) is 4.59. The van der Waals surface area contributed by atoms with E-state index in [0.29, 0.717) is 37.1 Å². The highest BCUT2D eigenvalue weighted by Gasteiger charge is 2.49. The van der Waals surface area contributed by atoms with Crippen LogP contribution in [0.1, 0.15) is 58.1 Å². The molecule has 0 unspecified atom stereocenters. The summed E-state index contributed by atoms with van der Waals surface area (Å²) in [5, 5.41) is 2.85. The number of carbonyl (C=O) groups is 3. The molecule has 2 aromatic carbocycles. The van der Waals surface area contributed by atoms with Crippen LogP contribution in [0.4, 0.5) is 10.1 Å². The van der Waals surface area contributed by atoms with Crippen LogP contribution < -0.4 is 16.0 Å². The van der Waals surface area contributed by atoms with Crippen molar-refractivity contribution in [2.45, 2.75) is 53.1 Å². The predicted molar refractivity (Wildman–Crippen MR) is 151 cm³/mol. The molecule has 3 N–H and O–H groups in total. The largest absolute Gasteiger partial charge is 0.369 e. The van der Waals surface area contributed by atoms with Gasteiger partial charge in [-0.05, 0) is 49.3 Å². The van der Waals surface area contributed by atoms with Crippen molar-refractivity contribution >= 4 is 29.1 Å². The van der Waals surface area contributed by atoms with Crippen molar-refractivity contribution in [1.82, 2.24) is 5.32 Å². The number of nitrogens with zero attached hydrogens (tertiary/aromatic N) is 2. The van der Waals surface area contributed by atoms with Gasteiger partial charge in [0.2, 0.25) is 18.0 Å². The lowest BCUT2D eigenvalue weighted by Gasteiger charge is -2.35. The first kappa shape index (κ1) is 28.2. The summed E-state index contributed by atoms with van der Waals surface area (Å²) in [6.45, 7) is 8.32. The molecule has 0 spiro atoms. The second kappa shape index (κ2) is 11.5. The Morgan fingerprint density at radius 1 is 1.03 bits per heavy atom. The van der Waals surface area contributed by atoms with E-state index in [1.54, 1.807) is 29.2 Å². The van der Waals surface area contributed by atoms with Gasteiger partial charge in [-0.3, -0.25) is 14.4 Å². The van der Waals surface area contributed by atoms with Crippen LogP contribution in [0, 0.1) is 29.0 Å². The minimum Gasteiger partial charge on any atom is -0.369 e. The van der Waals surface area contributed by atoms with Crippen LogP contribution in [0.25, 0.3) is 0 Å². The second-order valence-electron chi connectivity index (χ2n) is 11.3. The molecule has 39 heavy (non-hydrogen) atoms. The minimum absolute atomic E-state index is 0.0987. The number of hydrogen-bond acceptors (Lipinski definition) is 4. The fourth-order valence-electron chi connectivity index (χ4n) is 5.56. The van der Waals surface area contributed by atoms with Gasteiger partial charge >= 0.3 is 0 Å². The third kappa shape index (κ3) is 5.65. The number of amides is 3. The van der Waals surface area contributed by atoms with Crippen LogP contribution in [-0.2, 0) is 14.4 Å². The molecule has 2 atom stereocenters. The number of halogens is 1. The summed E-state index contributed by atoms with van der Waals surface area (Å²) in [5.41, 5.74) is 6.52. The number of hydrogen-bond donors (Lipinski definition) is 2. The van der Waals surface area contributed by atoms with Gasteiger partial charge in [0.25, 0.3) is 5.91 Å². The van der Waals surface area contributed by atoms with Gasteiger partial charge in [0.1, 0.15) is 5.82 Å². The smallest absolute Gasteiger partial charge is 0.272 e. The first-order valence-corrected chi connectivity index (χ1v) is 13.5. The van der Waals surface area contributed by atoms with Crippen molar-refractivity contribution in [2.24, 2.45) is 33.9 Å². The summed E-state index contributed by atoms with van der Waals surface area (Å²) < 4.78 is 15.1. The summed E-state index contributed by atoms with van der Waals surface area (Å²) in [6, 6.07) is 13.5. The molecule has 4 rings (SSSR count). The summed E-state index contributed by atoms with van der Waals surface area (Å²) in [4.78, 5) is 47.0. The van der Waals surface area contributed by atoms with Gasteiger partial charge in [-0.15, -0.1) is 0 Å². The standard InChI is InChI=1S/C31H37FN4O3/c1-19(2)17-23(31(30(33)39)15-9-10-16-31)28(37)35-27-29(38)36(18-20(3)4)25-14-8-6-12-22(25)26(34-27)21-11-5-7-13-24(21)32/h5-14,19-20,23,27H,15-18H2,1-4H3,(H2,33,39)(H,35,37)/t23-,27+/m0/s1. The van der Waals surface area contributed by atoms with E-state index in [9.17, 15) is 14.4 Å². The van der Waals surface area contributed by atoms with Crippen LogP contribution in [0.5, 0.6) is 0 Å². The third-order valence-corrected chi connectivity index (χ3v) is 7.48. The van der Waals surface area contributed by atoms with E-state index in [1.165, 1.54) is 6.07 Å². The molecule has 0 saturated heterocycles. The highest BCUT2D eigenvalue weighted by Crippen LogP contribution is 2.43. The Labute approximate surface area is 229 Å². The number of allylic oxidation sites excluding steroid dienone is 2. The quantitative estimate of drug-likeness (QED) is 0.462. The molecule has 2 aliphatic rings. The molecule has 206 valence electrons. The molecule has 1 aliphatic carbocycles. The van der Waals surface area contributed by atoms with E-state index in [-0.39, 0.29) is 23.1 Å². The molecule has 0 fully saturated rings. The lowest BCUT2D eigenvalue weighted by atomic mass is 9.69. The van der Waals surface area contributed by atoms with Crippen molar-refractivity contribution in [3.8, 4) is 0 Å². The van der Waals surface area contributed by atoms with E-state index in [1.807, 2.05) is 58.0 Å². The van der Waals surface area contributed by atoms with E-state index < -0.39 is 41.0 Å². The number of para-hydroxylation sites is 1. The van der Waals surface area contributed by atoms with Crippen LogP contribution in [0.3, 0.4) is 0 Å². The summed E-state index contributed by atoms with van der Waals surface area (Å²) in [7, 11) is 0. The van der Waals surface area contributed by atoms with Crippen molar-refractivity contribution in [2.75, 3.05) is 11.4 Å². The lowest BCUT2D eigenvalue weighted by molar-refractivity contribution is -0.141. The highest BCUT2D eigenvalue weighted by molar-refractivity contribution is 6.20. The Bertz CT molecular complexity index is 1310. The van der Waals surface area contributed by atoms with E-state index in [4.69, 9.17) is 10.7 Å². The maximum Gasteiger partial charge on any atom is 0.272 e. The Morgan fingerprint density at radius 3 is 2.23 bits per heavy atom. The van der Waals surface area contributed by atoms with Crippen LogP contribution in [-0.4, -0.2) is 36.1 Å². The lowest BCUT2D eigenvalue weighted by Crippen LogP contribution is -2.54. The number of nitrogens with one attached hydrogen (secondary N) is 1. The number of nitrogens with two attached hydrogens (primary N) is 1. The van der Waals surface area contributed by atoms with Crippen molar-refractivity contribution in [3.05, 3.63) is 77.6 Å². The summed E-state index contributed by atoms with van der Waals surface area (Å²) >= 11 is 0. The number of carbonyl (C=O) groups excluding carboxylic acids is 3.